The Morgan fingerprint density at radius 3 is 2.80 bits per heavy atom. The number of aliphatic hydroxyl groups excluding tert-OH is 1. The van der Waals surface area contributed by atoms with E-state index < -0.39 is 11.9 Å². The van der Waals surface area contributed by atoms with Crippen LogP contribution in [0.4, 0.5) is 4.39 Å². The van der Waals surface area contributed by atoms with E-state index in [0.717, 1.165) is 5.56 Å². The van der Waals surface area contributed by atoms with Crippen LogP contribution in [0.25, 0.3) is 0 Å². The van der Waals surface area contributed by atoms with Crippen LogP contribution in [0.2, 0.25) is 5.02 Å². The topological polar surface area (TPSA) is 50.1 Å². The van der Waals surface area contributed by atoms with Gasteiger partial charge in [0.25, 0.3) is 0 Å². The van der Waals surface area contributed by atoms with Crippen LogP contribution < -0.4 is 5.32 Å². The zero-order chi connectivity index (χ0) is 14.7. The highest BCUT2D eigenvalue weighted by atomic mass is 35.5. The molecule has 0 aliphatic heterocycles. The van der Waals surface area contributed by atoms with Crippen molar-refractivity contribution in [2.75, 3.05) is 6.54 Å². The van der Waals surface area contributed by atoms with Crippen LogP contribution in [-0.4, -0.2) is 21.4 Å². The number of aliphatic hydroxyl groups is 1. The number of rotatable bonds is 5. The average Bonchev–Trinajstić information content (AvgIpc) is 2.85. The lowest BCUT2D eigenvalue weighted by Gasteiger charge is -2.16. The normalized spacial score (nSPS) is 14.2. The Morgan fingerprint density at radius 2 is 2.20 bits per heavy atom. The van der Waals surface area contributed by atoms with Gasteiger partial charge < -0.3 is 10.4 Å². The van der Waals surface area contributed by atoms with Crippen molar-refractivity contribution in [2.24, 2.45) is 7.05 Å². The number of hydrogen-bond donors (Lipinski definition) is 2. The van der Waals surface area contributed by atoms with Crippen LogP contribution in [0, 0.1) is 5.82 Å². The molecular formula is C14H17ClFN3O. The van der Waals surface area contributed by atoms with Crippen molar-refractivity contribution in [1.82, 2.24) is 15.1 Å². The molecule has 0 amide bonds. The van der Waals surface area contributed by atoms with Crippen LogP contribution >= 0.6 is 11.6 Å². The number of aromatic nitrogens is 2. The van der Waals surface area contributed by atoms with E-state index in [1.165, 1.54) is 12.1 Å². The molecule has 0 bridgehead atoms. The number of halogens is 2. The van der Waals surface area contributed by atoms with Gasteiger partial charge in [-0.1, -0.05) is 17.7 Å². The second-order valence-electron chi connectivity index (χ2n) is 4.77. The third kappa shape index (κ3) is 3.56. The summed E-state index contributed by atoms with van der Waals surface area (Å²) in [5.74, 6) is -0.525. The Morgan fingerprint density at radius 1 is 1.45 bits per heavy atom. The SMILES string of the molecule is CC(NCC(O)c1ccc(Cl)c(F)c1)c1cnn(C)c1. The van der Waals surface area contributed by atoms with Gasteiger partial charge >= 0.3 is 0 Å². The molecule has 2 N–H and O–H groups in total. The molecule has 4 nitrogen and oxygen atoms in total. The zero-order valence-electron chi connectivity index (χ0n) is 11.3. The highest BCUT2D eigenvalue weighted by molar-refractivity contribution is 6.30. The van der Waals surface area contributed by atoms with Gasteiger partial charge in [-0.25, -0.2) is 4.39 Å². The highest BCUT2D eigenvalue weighted by Gasteiger charge is 2.13. The minimum atomic E-state index is -0.791. The van der Waals surface area contributed by atoms with Crippen molar-refractivity contribution < 1.29 is 9.50 Å². The zero-order valence-corrected chi connectivity index (χ0v) is 12.1. The fraction of sp³-hybridized carbons (Fsp3) is 0.357. The number of hydrogen-bond acceptors (Lipinski definition) is 3. The summed E-state index contributed by atoms with van der Waals surface area (Å²) >= 11 is 5.61. The molecule has 0 fully saturated rings. The Balaban J connectivity index is 1.94. The third-order valence-corrected chi connectivity index (χ3v) is 3.48. The van der Waals surface area contributed by atoms with Crippen LogP contribution in [0.15, 0.2) is 30.6 Å². The summed E-state index contributed by atoms with van der Waals surface area (Å²) in [7, 11) is 1.85. The van der Waals surface area contributed by atoms with Crippen LogP contribution in [0.3, 0.4) is 0 Å². The van der Waals surface area contributed by atoms with Gasteiger partial charge in [-0.05, 0) is 24.6 Å². The molecule has 0 saturated carbocycles. The first-order valence-corrected chi connectivity index (χ1v) is 6.70. The molecule has 0 saturated heterocycles. The molecule has 108 valence electrons. The lowest BCUT2D eigenvalue weighted by Crippen LogP contribution is -2.24. The fourth-order valence-electron chi connectivity index (χ4n) is 1.91. The monoisotopic (exact) mass is 297 g/mol. The fourth-order valence-corrected chi connectivity index (χ4v) is 2.03. The lowest BCUT2D eigenvalue weighted by atomic mass is 10.1. The van der Waals surface area contributed by atoms with Gasteiger partial charge in [0.15, 0.2) is 0 Å². The molecule has 2 aromatic rings. The van der Waals surface area contributed by atoms with Crippen molar-refractivity contribution in [2.45, 2.75) is 19.1 Å². The highest BCUT2D eigenvalue weighted by Crippen LogP contribution is 2.20. The van der Waals surface area contributed by atoms with Gasteiger partial charge in [-0.2, -0.15) is 5.10 Å². The van der Waals surface area contributed by atoms with E-state index in [1.807, 2.05) is 20.2 Å². The summed E-state index contributed by atoms with van der Waals surface area (Å²) in [6.07, 6.45) is 2.89. The summed E-state index contributed by atoms with van der Waals surface area (Å²) in [5.41, 5.74) is 1.53. The van der Waals surface area contributed by atoms with Crippen molar-refractivity contribution in [3.63, 3.8) is 0 Å². The molecule has 20 heavy (non-hydrogen) atoms. The Bertz CT molecular complexity index is 588. The van der Waals surface area contributed by atoms with E-state index in [4.69, 9.17) is 11.6 Å². The summed E-state index contributed by atoms with van der Waals surface area (Å²) in [5, 5.41) is 17.4. The number of benzene rings is 1. The van der Waals surface area contributed by atoms with E-state index in [2.05, 4.69) is 10.4 Å². The largest absolute Gasteiger partial charge is 0.387 e. The van der Waals surface area contributed by atoms with Gasteiger partial charge in [0, 0.05) is 31.4 Å². The second-order valence-corrected chi connectivity index (χ2v) is 5.17. The molecule has 1 heterocycles. The number of aryl methyl sites for hydroxylation is 1. The number of nitrogens with zero attached hydrogens (tertiary/aromatic N) is 2. The molecule has 2 atom stereocenters. The first-order chi connectivity index (χ1) is 9.47. The predicted molar refractivity (Wildman–Crippen MR) is 76.0 cm³/mol. The van der Waals surface area contributed by atoms with Crippen molar-refractivity contribution >= 4 is 11.6 Å². The standard InChI is InChI=1S/C14H17ClFN3O/c1-9(11-6-18-19(2)8-11)17-7-14(20)10-3-4-12(15)13(16)5-10/h3-6,8-9,14,17,20H,7H2,1-2H3. The quantitative estimate of drug-likeness (QED) is 0.892. The molecule has 1 aromatic carbocycles. The first-order valence-electron chi connectivity index (χ1n) is 6.32. The Labute approximate surface area is 122 Å². The van der Waals surface area contributed by atoms with Crippen LogP contribution in [0.1, 0.15) is 30.2 Å². The molecule has 2 unspecified atom stereocenters. The van der Waals surface area contributed by atoms with E-state index in [-0.39, 0.29) is 11.1 Å². The molecule has 6 heteroatoms. The lowest BCUT2D eigenvalue weighted by molar-refractivity contribution is 0.170. The minimum Gasteiger partial charge on any atom is -0.387 e. The van der Waals surface area contributed by atoms with Gasteiger partial charge in [0.05, 0.1) is 17.3 Å². The molecule has 0 spiro atoms. The minimum absolute atomic E-state index is 0.0514. The molecule has 2 rings (SSSR count). The maximum atomic E-state index is 13.3. The van der Waals surface area contributed by atoms with E-state index in [9.17, 15) is 9.50 Å². The van der Waals surface area contributed by atoms with Crippen molar-refractivity contribution in [3.05, 3.63) is 52.6 Å². The van der Waals surface area contributed by atoms with Crippen LogP contribution in [-0.2, 0) is 7.05 Å². The predicted octanol–water partition coefficient (Wildman–Crippen LogP) is 2.60. The molecule has 0 aliphatic carbocycles. The molecule has 0 aliphatic rings. The maximum absolute atomic E-state index is 13.3. The van der Waals surface area contributed by atoms with Crippen molar-refractivity contribution in [3.8, 4) is 0 Å². The summed E-state index contributed by atoms with van der Waals surface area (Å²) in [6.45, 7) is 2.29. The molecular weight excluding hydrogens is 281 g/mol. The first kappa shape index (κ1) is 15.0. The van der Waals surface area contributed by atoms with E-state index >= 15 is 0 Å². The molecule has 0 radical (unpaired) electrons. The summed E-state index contributed by atoms with van der Waals surface area (Å²) < 4.78 is 15.1. The Hall–Kier alpha value is -1.43. The van der Waals surface area contributed by atoms with E-state index in [0.29, 0.717) is 12.1 Å². The van der Waals surface area contributed by atoms with Gasteiger partial charge in [0.2, 0.25) is 0 Å². The second kappa shape index (κ2) is 6.35. The molecule has 1 aromatic heterocycles. The smallest absolute Gasteiger partial charge is 0.142 e. The van der Waals surface area contributed by atoms with Gasteiger partial charge in [0.1, 0.15) is 5.82 Å². The van der Waals surface area contributed by atoms with Gasteiger partial charge in [-0.3, -0.25) is 4.68 Å². The average molecular weight is 298 g/mol. The van der Waals surface area contributed by atoms with Gasteiger partial charge in [-0.15, -0.1) is 0 Å². The van der Waals surface area contributed by atoms with E-state index in [1.54, 1.807) is 16.9 Å². The van der Waals surface area contributed by atoms with Crippen LogP contribution in [0.5, 0.6) is 0 Å². The third-order valence-electron chi connectivity index (χ3n) is 3.17. The number of nitrogens with one attached hydrogen (secondary N) is 1. The Kier molecular flexibility index (Phi) is 4.75. The summed E-state index contributed by atoms with van der Waals surface area (Å²) in [4.78, 5) is 0. The van der Waals surface area contributed by atoms with Crippen molar-refractivity contribution in [1.29, 1.82) is 0 Å². The summed E-state index contributed by atoms with van der Waals surface area (Å²) in [6, 6.07) is 4.37. The maximum Gasteiger partial charge on any atom is 0.142 e.